The Bertz CT molecular complexity index is 1310. The summed E-state index contributed by atoms with van der Waals surface area (Å²) in [6.07, 6.45) is 2.16. The van der Waals surface area contributed by atoms with Gasteiger partial charge in [-0.15, -0.1) is 0 Å². The van der Waals surface area contributed by atoms with Gasteiger partial charge in [0.2, 0.25) is 15.9 Å². The van der Waals surface area contributed by atoms with Gasteiger partial charge in [0, 0.05) is 30.3 Å². The maximum Gasteiger partial charge on any atom is 0.330 e. The van der Waals surface area contributed by atoms with Crippen LogP contribution in [0.3, 0.4) is 0 Å². The van der Waals surface area contributed by atoms with Gasteiger partial charge in [0.15, 0.2) is 5.54 Å². The molecule has 0 spiro atoms. The molecule has 1 N–H and O–H groups in total. The molecular formula is C27H33N3O6S. The minimum atomic E-state index is -4.07. The van der Waals surface area contributed by atoms with Crippen molar-refractivity contribution < 1.29 is 27.5 Å². The first-order valence-corrected chi connectivity index (χ1v) is 13.6. The van der Waals surface area contributed by atoms with Gasteiger partial charge in [0.25, 0.3) is 0 Å². The van der Waals surface area contributed by atoms with Gasteiger partial charge in [-0.3, -0.25) is 4.79 Å². The van der Waals surface area contributed by atoms with Crippen LogP contribution >= 0.6 is 0 Å². The molecule has 0 aromatic heterocycles. The Kier molecular flexibility index (Phi) is 7.34. The lowest BCUT2D eigenvalue weighted by Crippen LogP contribution is -2.75. The van der Waals surface area contributed by atoms with E-state index in [1.54, 1.807) is 26.0 Å². The normalized spacial score (nSPS) is 18.5. The molecule has 9 nitrogen and oxygen atoms in total. The van der Waals surface area contributed by atoms with Gasteiger partial charge < -0.3 is 19.3 Å². The van der Waals surface area contributed by atoms with Crippen LogP contribution in [0.15, 0.2) is 59.5 Å². The Hall–Kier alpha value is -3.37. The molecule has 2 aromatic rings. The average Bonchev–Trinajstić information content (AvgIpc) is 2.86. The molecule has 198 valence electrons. The number of hydrogen-bond donors (Lipinski definition) is 1. The Balaban J connectivity index is 1.45. The number of fused-ring (bicyclic) bond motifs is 1. The summed E-state index contributed by atoms with van der Waals surface area (Å²) < 4.78 is 39.5. The van der Waals surface area contributed by atoms with E-state index >= 15 is 0 Å². The minimum absolute atomic E-state index is 0.0192. The molecule has 37 heavy (non-hydrogen) atoms. The second-order valence-corrected chi connectivity index (χ2v) is 11.5. The second-order valence-electron chi connectivity index (χ2n) is 9.85. The Labute approximate surface area is 218 Å². The second kappa shape index (κ2) is 10.2. The number of anilines is 1. The molecule has 2 aliphatic rings. The van der Waals surface area contributed by atoms with Crippen LogP contribution in [0.4, 0.5) is 5.69 Å². The first kappa shape index (κ1) is 26.7. The number of likely N-dealkylation sites (N-methyl/N-ethyl adjacent to an activating group) is 1. The predicted octanol–water partition coefficient (Wildman–Crippen LogP) is 2.68. The highest BCUT2D eigenvalue weighted by Gasteiger charge is 2.54. The largest absolute Gasteiger partial charge is 0.489 e. The van der Waals surface area contributed by atoms with E-state index in [1.807, 2.05) is 12.1 Å². The number of ether oxygens (including phenoxy) is 2. The summed E-state index contributed by atoms with van der Waals surface area (Å²) in [5, 5.41) is 0. The first-order chi connectivity index (χ1) is 17.5. The number of benzene rings is 2. The maximum absolute atomic E-state index is 13.1. The fraction of sp³-hybridized carbons (Fsp3) is 0.407. The zero-order valence-electron chi connectivity index (χ0n) is 21.7. The monoisotopic (exact) mass is 527 g/mol. The number of carbonyl (C=O) groups excluding carboxylic acids is 2. The van der Waals surface area contributed by atoms with Crippen molar-refractivity contribution in [3.8, 4) is 5.75 Å². The van der Waals surface area contributed by atoms with Crippen LogP contribution in [0.1, 0.15) is 26.3 Å². The van der Waals surface area contributed by atoms with Gasteiger partial charge in [-0.25, -0.2) is 13.2 Å². The molecule has 1 amide bonds. The quantitative estimate of drug-likeness (QED) is 0.526. The van der Waals surface area contributed by atoms with Crippen molar-refractivity contribution in [2.75, 3.05) is 38.8 Å². The Morgan fingerprint density at radius 1 is 1.11 bits per heavy atom. The van der Waals surface area contributed by atoms with E-state index < -0.39 is 21.5 Å². The van der Waals surface area contributed by atoms with E-state index in [2.05, 4.69) is 41.8 Å². The molecule has 1 unspecified atom stereocenters. The van der Waals surface area contributed by atoms with E-state index in [1.165, 1.54) is 24.1 Å². The molecule has 2 heterocycles. The summed E-state index contributed by atoms with van der Waals surface area (Å²) in [6.45, 7) is 5.78. The number of methoxy groups -OCH3 is 1. The van der Waals surface area contributed by atoms with Crippen molar-refractivity contribution in [2.45, 2.75) is 37.2 Å². The van der Waals surface area contributed by atoms with Crippen LogP contribution < -0.4 is 14.4 Å². The van der Waals surface area contributed by atoms with Crippen molar-refractivity contribution in [3.05, 3.63) is 60.2 Å². The average molecular weight is 528 g/mol. The van der Waals surface area contributed by atoms with Crippen LogP contribution in [-0.4, -0.2) is 70.6 Å². The van der Waals surface area contributed by atoms with Crippen molar-refractivity contribution in [2.24, 2.45) is 5.92 Å². The minimum Gasteiger partial charge on any atom is -0.489 e. The number of hydrogen-bond acceptors (Lipinski definition) is 7. The number of esters is 1. The third-order valence-electron chi connectivity index (χ3n) is 6.84. The van der Waals surface area contributed by atoms with E-state index in [4.69, 9.17) is 9.47 Å². The summed E-state index contributed by atoms with van der Waals surface area (Å²) in [6, 6.07) is 14.4. The molecule has 1 saturated heterocycles. The van der Waals surface area contributed by atoms with E-state index in [9.17, 15) is 18.0 Å². The van der Waals surface area contributed by atoms with Crippen LogP contribution in [0.5, 0.6) is 5.75 Å². The van der Waals surface area contributed by atoms with Crippen molar-refractivity contribution in [3.63, 3.8) is 0 Å². The summed E-state index contributed by atoms with van der Waals surface area (Å²) in [5.74, 6) is -0.632. The molecule has 1 fully saturated rings. The van der Waals surface area contributed by atoms with Crippen LogP contribution in [-0.2, 0) is 24.3 Å². The Morgan fingerprint density at radius 2 is 1.76 bits per heavy atom. The lowest BCUT2D eigenvalue weighted by molar-refractivity contribution is -0.161. The zero-order chi connectivity index (χ0) is 27.0. The van der Waals surface area contributed by atoms with Crippen molar-refractivity contribution in [1.82, 2.24) is 9.62 Å². The molecule has 10 heteroatoms. The van der Waals surface area contributed by atoms with Gasteiger partial charge in [-0.1, -0.05) is 38.1 Å². The van der Waals surface area contributed by atoms with E-state index in [-0.39, 0.29) is 35.9 Å². The topological polar surface area (TPSA) is 105 Å². The highest BCUT2D eigenvalue weighted by molar-refractivity contribution is 7.89. The van der Waals surface area contributed by atoms with Crippen LogP contribution in [0.2, 0.25) is 0 Å². The molecule has 0 saturated carbocycles. The summed E-state index contributed by atoms with van der Waals surface area (Å²) in [7, 11) is -0.825. The van der Waals surface area contributed by atoms with Gasteiger partial charge in [0.05, 0.1) is 25.1 Å². The highest BCUT2D eigenvalue weighted by atomic mass is 32.2. The molecule has 4 rings (SSSR count). The molecular weight excluding hydrogens is 494 g/mol. The zero-order valence-corrected chi connectivity index (χ0v) is 22.5. The number of likely N-dealkylation sites (tertiary alicyclic amines) is 1. The van der Waals surface area contributed by atoms with Crippen LogP contribution in [0, 0.1) is 5.92 Å². The maximum atomic E-state index is 13.1. The number of carbonyl (C=O) groups is 2. The van der Waals surface area contributed by atoms with Gasteiger partial charge in [-0.2, -0.15) is 4.72 Å². The molecule has 1 atom stereocenters. The number of rotatable bonds is 8. The summed E-state index contributed by atoms with van der Waals surface area (Å²) in [4.78, 5) is 28.3. The summed E-state index contributed by atoms with van der Waals surface area (Å²) in [5.41, 5.74) is 1.78. The molecule has 2 aliphatic heterocycles. The fourth-order valence-electron chi connectivity index (χ4n) is 4.64. The molecule has 0 radical (unpaired) electrons. The van der Waals surface area contributed by atoms with Gasteiger partial charge >= 0.3 is 5.97 Å². The van der Waals surface area contributed by atoms with E-state index in [0.29, 0.717) is 12.4 Å². The smallest absolute Gasteiger partial charge is 0.330 e. The number of nitrogens with zero attached hydrogens (tertiary/aromatic N) is 2. The SMILES string of the molecule is COC(=O)C1(NS(=O)(=O)c2ccc(OCC3=CC(C)N(C)c4ccccc43)cc2)CN(C(=O)C(C)C)C1. The first-order valence-electron chi connectivity index (χ1n) is 12.1. The predicted molar refractivity (Wildman–Crippen MR) is 141 cm³/mol. The number of sulfonamides is 1. The van der Waals surface area contributed by atoms with Crippen molar-refractivity contribution in [1.29, 1.82) is 0 Å². The number of nitrogens with one attached hydrogen (secondary N) is 1. The third kappa shape index (κ3) is 5.21. The molecule has 0 aliphatic carbocycles. The number of amides is 1. The van der Waals surface area contributed by atoms with Crippen molar-refractivity contribution >= 4 is 33.2 Å². The highest BCUT2D eigenvalue weighted by Crippen LogP contribution is 2.33. The van der Waals surface area contributed by atoms with Gasteiger partial charge in [0.1, 0.15) is 12.4 Å². The summed E-state index contributed by atoms with van der Waals surface area (Å²) >= 11 is 0. The lowest BCUT2D eigenvalue weighted by Gasteiger charge is -2.48. The molecule has 0 bridgehead atoms. The van der Waals surface area contributed by atoms with Gasteiger partial charge in [-0.05, 0) is 42.8 Å². The Morgan fingerprint density at radius 3 is 2.38 bits per heavy atom. The standard InChI is InChI=1S/C27H33N3O6S/c1-18(2)25(31)30-16-27(17-30,26(32)35-5)28-37(33,34)22-12-10-21(11-13-22)36-15-20-14-19(3)29(4)24-9-7-6-8-23(20)24/h6-14,18-19,28H,15-17H2,1-5H3. The lowest BCUT2D eigenvalue weighted by atomic mass is 9.90. The van der Waals surface area contributed by atoms with Crippen LogP contribution in [0.25, 0.3) is 5.57 Å². The third-order valence-corrected chi connectivity index (χ3v) is 8.40. The van der Waals surface area contributed by atoms with E-state index in [0.717, 1.165) is 16.8 Å². The molecule has 2 aromatic carbocycles. The number of para-hydroxylation sites is 1. The fourth-order valence-corrected chi connectivity index (χ4v) is 5.98.